The zero-order chi connectivity index (χ0) is 16.5. The molecule has 0 bridgehead atoms. The number of amidine groups is 2. The molecule has 0 aromatic heterocycles. The molecule has 0 N–H and O–H groups in total. The third kappa shape index (κ3) is 2.83. The van der Waals surface area contributed by atoms with Gasteiger partial charge in [0.2, 0.25) is 0 Å². The van der Waals surface area contributed by atoms with E-state index in [1.165, 1.54) is 25.7 Å². The van der Waals surface area contributed by atoms with Crippen molar-refractivity contribution < 1.29 is 0 Å². The number of likely N-dealkylation sites (tertiary alicyclic amines) is 1. The summed E-state index contributed by atoms with van der Waals surface area (Å²) < 4.78 is 0. The third-order valence-electron chi connectivity index (χ3n) is 5.07. The van der Waals surface area contributed by atoms with Crippen molar-refractivity contribution in [3.8, 4) is 0 Å². The predicted molar refractivity (Wildman–Crippen MR) is 101 cm³/mol. The molecule has 1 saturated heterocycles. The molecule has 5 nitrogen and oxygen atoms in total. The molecule has 0 saturated carbocycles. The van der Waals surface area contributed by atoms with Crippen LogP contribution in [0.25, 0.3) is 0 Å². The first-order valence-electron chi connectivity index (χ1n) is 9.06. The van der Waals surface area contributed by atoms with E-state index in [4.69, 9.17) is 9.98 Å². The highest BCUT2D eigenvalue weighted by atomic mass is 15.4. The minimum absolute atomic E-state index is 0.0413. The van der Waals surface area contributed by atoms with Crippen LogP contribution in [0.15, 0.2) is 39.2 Å². The van der Waals surface area contributed by atoms with Crippen molar-refractivity contribution in [1.29, 1.82) is 0 Å². The van der Waals surface area contributed by atoms with Gasteiger partial charge in [-0.2, -0.15) is 0 Å². The average molecular weight is 323 g/mol. The summed E-state index contributed by atoms with van der Waals surface area (Å²) in [5.74, 6) is 2.75. The van der Waals surface area contributed by atoms with Gasteiger partial charge in [0.1, 0.15) is 6.17 Å². The number of anilines is 1. The van der Waals surface area contributed by atoms with E-state index in [-0.39, 0.29) is 6.17 Å². The number of para-hydroxylation sites is 2. The Bertz CT molecular complexity index is 705. The summed E-state index contributed by atoms with van der Waals surface area (Å²) in [5.41, 5.74) is 2.07. The Morgan fingerprint density at radius 2 is 1.88 bits per heavy atom. The van der Waals surface area contributed by atoms with Crippen molar-refractivity contribution in [3.05, 3.63) is 24.3 Å². The molecule has 1 fully saturated rings. The van der Waals surface area contributed by atoms with Crippen molar-refractivity contribution in [1.82, 2.24) is 4.90 Å². The maximum absolute atomic E-state index is 4.99. The zero-order valence-electron chi connectivity index (χ0n) is 14.5. The van der Waals surface area contributed by atoms with Crippen LogP contribution in [0.1, 0.15) is 39.5 Å². The van der Waals surface area contributed by atoms with Gasteiger partial charge in [-0.15, -0.1) is 0 Å². The third-order valence-corrected chi connectivity index (χ3v) is 5.07. The van der Waals surface area contributed by atoms with Gasteiger partial charge >= 0.3 is 0 Å². The first-order chi connectivity index (χ1) is 11.7. The molecule has 3 aliphatic rings. The van der Waals surface area contributed by atoms with Crippen LogP contribution in [0.3, 0.4) is 0 Å². The van der Waals surface area contributed by atoms with Gasteiger partial charge in [0, 0.05) is 13.1 Å². The molecule has 0 amide bonds. The fourth-order valence-electron chi connectivity index (χ4n) is 3.61. The van der Waals surface area contributed by atoms with Gasteiger partial charge in [-0.3, -0.25) is 4.90 Å². The summed E-state index contributed by atoms with van der Waals surface area (Å²) in [7, 11) is 0. The molecule has 3 heterocycles. The highest BCUT2D eigenvalue weighted by Gasteiger charge is 2.31. The van der Waals surface area contributed by atoms with Crippen LogP contribution >= 0.6 is 0 Å². The first-order valence-corrected chi connectivity index (χ1v) is 9.06. The zero-order valence-corrected chi connectivity index (χ0v) is 14.5. The van der Waals surface area contributed by atoms with Gasteiger partial charge in [0.15, 0.2) is 11.7 Å². The standard InChI is InChI=1S/C19H25N5/c1-14-7-5-6-11-23(12-10-14)18-19-21-15(2)20-13-24(19)17-9-4-3-8-16(17)22-18/h3-4,8-9,13-15H,5-7,10-12H2,1-2H3. The minimum atomic E-state index is -0.0413. The maximum Gasteiger partial charge on any atom is 0.179 e. The van der Waals surface area contributed by atoms with Gasteiger partial charge in [0.25, 0.3) is 0 Å². The van der Waals surface area contributed by atoms with Crippen molar-refractivity contribution in [2.24, 2.45) is 20.9 Å². The van der Waals surface area contributed by atoms with Gasteiger partial charge in [-0.25, -0.2) is 15.0 Å². The Kier molecular flexibility index (Phi) is 4.08. The molecule has 0 spiro atoms. The minimum Gasteiger partial charge on any atom is -0.354 e. The molecule has 5 heteroatoms. The smallest absolute Gasteiger partial charge is 0.179 e. The summed E-state index contributed by atoms with van der Waals surface area (Å²) in [6.07, 6.45) is 6.96. The Balaban J connectivity index is 1.73. The van der Waals surface area contributed by atoms with Gasteiger partial charge in [-0.05, 0) is 37.8 Å². The van der Waals surface area contributed by atoms with Crippen molar-refractivity contribution in [2.75, 3.05) is 18.0 Å². The van der Waals surface area contributed by atoms with E-state index in [0.29, 0.717) is 0 Å². The monoisotopic (exact) mass is 323 g/mol. The molecular weight excluding hydrogens is 298 g/mol. The fourth-order valence-corrected chi connectivity index (χ4v) is 3.61. The molecule has 1 aromatic rings. The number of benzene rings is 1. The molecule has 0 radical (unpaired) electrons. The Morgan fingerprint density at radius 1 is 1.00 bits per heavy atom. The van der Waals surface area contributed by atoms with E-state index < -0.39 is 0 Å². The molecule has 3 aliphatic heterocycles. The number of rotatable bonds is 0. The van der Waals surface area contributed by atoms with Crippen molar-refractivity contribution in [3.63, 3.8) is 0 Å². The molecule has 0 aliphatic carbocycles. The molecular formula is C19H25N5. The van der Waals surface area contributed by atoms with E-state index in [1.807, 2.05) is 25.4 Å². The van der Waals surface area contributed by atoms with Crippen LogP contribution in [-0.2, 0) is 0 Å². The van der Waals surface area contributed by atoms with E-state index in [9.17, 15) is 0 Å². The van der Waals surface area contributed by atoms with Crippen LogP contribution in [-0.4, -0.2) is 42.2 Å². The number of aliphatic imine (C=N–C) groups is 3. The van der Waals surface area contributed by atoms with Crippen LogP contribution in [0.2, 0.25) is 0 Å². The van der Waals surface area contributed by atoms with E-state index in [2.05, 4.69) is 33.8 Å². The van der Waals surface area contributed by atoms with Crippen LogP contribution in [0, 0.1) is 5.92 Å². The summed E-state index contributed by atoms with van der Waals surface area (Å²) in [6.45, 7) is 6.50. The number of nitrogens with zero attached hydrogens (tertiary/aromatic N) is 5. The molecule has 4 rings (SSSR count). The molecule has 24 heavy (non-hydrogen) atoms. The maximum atomic E-state index is 4.99. The molecule has 2 unspecified atom stereocenters. The normalized spacial score (nSPS) is 26.8. The average Bonchev–Trinajstić information content (AvgIpc) is 2.58. The van der Waals surface area contributed by atoms with Crippen molar-refractivity contribution in [2.45, 2.75) is 45.7 Å². The lowest BCUT2D eigenvalue weighted by atomic mass is 9.98. The van der Waals surface area contributed by atoms with Crippen LogP contribution in [0.5, 0.6) is 0 Å². The van der Waals surface area contributed by atoms with E-state index >= 15 is 0 Å². The van der Waals surface area contributed by atoms with Crippen molar-refractivity contribution >= 4 is 29.4 Å². The molecule has 1 aromatic carbocycles. The number of hydrogen-bond donors (Lipinski definition) is 0. The van der Waals surface area contributed by atoms with E-state index in [1.54, 1.807) is 0 Å². The highest BCUT2D eigenvalue weighted by molar-refractivity contribution is 6.50. The topological polar surface area (TPSA) is 43.6 Å². The number of fused-ring (bicyclic) bond motifs is 3. The highest BCUT2D eigenvalue weighted by Crippen LogP contribution is 2.34. The SMILES string of the molecule is CC1CCCCN(C2=Nc3ccccc3N3C=NC(C)N=C23)CC1. The summed E-state index contributed by atoms with van der Waals surface area (Å²) >= 11 is 0. The van der Waals surface area contributed by atoms with Crippen LogP contribution in [0.4, 0.5) is 11.4 Å². The quantitative estimate of drug-likeness (QED) is 0.728. The predicted octanol–water partition coefficient (Wildman–Crippen LogP) is 3.84. The lowest BCUT2D eigenvalue weighted by molar-refractivity contribution is 0.318. The lowest BCUT2D eigenvalue weighted by Gasteiger charge is -2.37. The van der Waals surface area contributed by atoms with Gasteiger partial charge in [-0.1, -0.05) is 31.9 Å². The lowest BCUT2D eigenvalue weighted by Crippen LogP contribution is -2.49. The summed E-state index contributed by atoms with van der Waals surface area (Å²) in [6, 6.07) is 8.25. The second-order valence-corrected chi connectivity index (χ2v) is 7.02. The molecule has 126 valence electrons. The first kappa shape index (κ1) is 15.4. The summed E-state index contributed by atoms with van der Waals surface area (Å²) in [4.78, 5) is 18.8. The second kappa shape index (κ2) is 6.38. The van der Waals surface area contributed by atoms with E-state index in [0.717, 1.165) is 42.1 Å². The van der Waals surface area contributed by atoms with Gasteiger partial charge in [0.05, 0.1) is 17.7 Å². The fraction of sp³-hybridized carbons (Fsp3) is 0.526. The largest absolute Gasteiger partial charge is 0.354 e. The Labute approximate surface area is 143 Å². The van der Waals surface area contributed by atoms with Crippen LogP contribution < -0.4 is 4.90 Å². The summed E-state index contributed by atoms with van der Waals surface area (Å²) in [5, 5.41) is 0. The Morgan fingerprint density at radius 3 is 2.79 bits per heavy atom. The number of hydrogen-bond acceptors (Lipinski definition) is 5. The Hall–Kier alpha value is -2.17. The molecule has 2 atom stereocenters. The van der Waals surface area contributed by atoms with Gasteiger partial charge < -0.3 is 4.90 Å². The second-order valence-electron chi connectivity index (χ2n) is 7.02.